The number of hydrogen-bond acceptors (Lipinski definition) is 4. The Morgan fingerprint density at radius 3 is 2.32 bits per heavy atom. The van der Waals surface area contributed by atoms with Crippen LogP contribution in [0.1, 0.15) is 15.9 Å². The van der Waals surface area contributed by atoms with Crippen molar-refractivity contribution in [2.75, 3.05) is 5.32 Å². The van der Waals surface area contributed by atoms with Gasteiger partial charge in [-0.2, -0.15) is 0 Å². The summed E-state index contributed by atoms with van der Waals surface area (Å²) in [5.74, 6) is -1.68. The minimum atomic E-state index is -2.32. The first kappa shape index (κ1) is 13.9. The fourth-order valence-electron chi connectivity index (χ4n) is 2.62. The summed E-state index contributed by atoms with van der Waals surface area (Å²) < 4.78 is 0. The van der Waals surface area contributed by atoms with Crippen molar-refractivity contribution < 1.29 is 14.5 Å². The molecule has 1 aliphatic rings. The van der Waals surface area contributed by atoms with Gasteiger partial charge in [0.25, 0.3) is 5.78 Å². The minimum absolute atomic E-state index is 0.162. The Kier molecular flexibility index (Phi) is 3.21. The summed E-state index contributed by atoms with van der Waals surface area (Å²) in [4.78, 5) is 35.9. The quantitative estimate of drug-likeness (QED) is 0.533. The van der Waals surface area contributed by atoms with E-state index in [1.165, 1.54) is 6.07 Å². The highest BCUT2D eigenvalue weighted by atomic mass is 16.6. The van der Waals surface area contributed by atoms with Crippen molar-refractivity contribution in [3.63, 3.8) is 0 Å². The maximum absolute atomic E-state index is 12.7. The lowest BCUT2D eigenvalue weighted by molar-refractivity contribution is -0.532. The molecule has 22 heavy (non-hydrogen) atoms. The van der Waals surface area contributed by atoms with Crippen LogP contribution in [0.3, 0.4) is 0 Å². The van der Waals surface area contributed by atoms with Crippen molar-refractivity contribution in [3.8, 4) is 0 Å². The number of fused-ring (bicyclic) bond motifs is 1. The third kappa shape index (κ3) is 1.96. The topological polar surface area (TPSA) is 89.3 Å². The Bertz CT molecular complexity index is 773. The van der Waals surface area contributed by atoms with Crippen LogP contribution in [-0.4, -0.2) is 22.2 Å². The second kappa shape index (κ2) is 5.07. The summed E-state index contributed by atoms with van der Waals surface area (Å²) in [6.45, 7) is 0. The van der Waals surface area contributed by atoms with Crippen molar-refractivity contribution in [2.24, 2.45) is 0 Å². The predicted molar refractivity (Wildman–Crippen MR) is 79.3 cm³/mol. The molecule has 0 saturated heterocycles. The SMILES string of the molecule is O=C1Nc2ccccc2C(=O)C1(Cc1ccccc1)[N+](=O)[O-]. The van der Waals surface area contributed by atoms with Gasteiger partial charge in [0.15, 0.2) is 0 Å². The monoisotopic (exact) mass is 296 g/mol. The highest BCUT2D eigenvalue weighted by molar-refractivity contribution is 6.26. The molecular formula is C16H12N2O4. The van der Waals surface area contributed by atoms with Crippen LogP contribution in [0.4, 0.5) is 5.69 Å². The predicted octanol–water partition coefficient (Wildman–Crippen LogP) is 2.08. The zero-order valence-corrected chi connectivity index (χ0v) is 11.5. The second-order valence-electron chi connectivity index (χ2n) is 5.11. The van der Waals surface area contributed by atoms with Gasteiger partial charge in [0.1, 0.15) is 0 Å². The van der Waals surface area contributed by atoms with Crippen LogP contribution in [0.2, 0.25) is 0 Å². The normalized spacial score (nSPS) is 20.2. The lowest BCUT2D eigenvalue weighted by atomic mass is 9.80. The van der Waals surface area contributed by atoms with Crippen LogP contribution < -0.4 is 5.32 Å². The molecule has 1 amide bonds. The number of nitrogens with zero attached hydrogens (tertiary/aromatic N) is 1. The fraction of sp³-hybridized carbons (Fsp3) is 0.125. The van der Waals surface area contributed by atoms with Gasteiger partial charge in [-0.3, -0.25) is 19.7 Å². The minimum Gasteiger partial charge on any atom is -0.319 e. The molecule has 6 heteroatoms. The molecule has 2 aromatic rings. The van der Waals surface area contributed by atoms with E-state index < -0.39 is 22.2 Å². The molecule has 0 spiro atoms. The van der Waals surface area contributed by atoms with E-state index in [0.717, 1.165) is 0 Å². The molecule has 0 radical (unpaired) electrons. The number of amides is 1. The molecule has 0 bridgehead atoms. The van der Waals surface area contributed by atoms with E-state index in [2.05, 4.69) is 5.32 Å². The van der Waals surface area contributed by atoms with Gasteiger partial charge >= 0.3 is 11.4 Å². The number of nitrogens with one attached hydrogen (secondary N) is 1. The first-order valence-electron chi connectivity index (χ1n) is 6.69. The van der Waals surface area contributed by atoms with E-state index in [-0.39, 0.29) is 12.0 Å². The number of hydrogen-bond donors (Lipinski definition) is 1. The van der Waals surface area contributed by atoms with Gasteiger partial charge in [0, 0.05) is 10.5 Å². The molecule has 0 saturated carbocycles. The standard InChI is InChI=1S/C16H12N2O4/c19-14-12-8-4-5-9-13(12)17-15(20)16(14,18(21)22)10-11-6-2-1-3-7-11/h1-9H,10H2,(H,17,20). The maximum Gasteiger partial charge on any atom is 0.364 e. The number of anilines is 1. The third-order valence-electron chi connectivity index (χ3n) is 3.79. The van der Waals surface area contributed by atoms with Crippen LogP contribution in [0.15, 0.2) is 54.6 Å². The fourth-order valence-corrected chi connectivity index (χ4v) is 2.62. The second-order valence-corrected chi connectivity index (χ2v) is 5.11. The summed E-state index contributed by atoms with van der Waals surface area (Å²) in [5, 5.41) is 14.1. The molecule has 110 valence electrons. The summed E-state index contributed by atoms with van der Waals surface area (Å²) in [5.41, 5.74) is -1.30. The molecule has 1 atom stereocenters. The molecule has 2 aromatic carbocycles. The molecule has 3 rings (SSSR count). The number of para-hydroxylation sites is 1. The average molecular weight is 296 g/mol. The lowest BCUT2D eigenvalue weighted by Gasteiger charge is -2.28. The highest BCUT2D eigenvalue weighted by Crippen LogP contribution is 2.32. The van der Waals surface area contributed by atoms with Gasteiger partial charge < -0.3 is 5.32 Å². The van der Waals surface area contributed by atoms with Crippen molar-refractivity contribution in [2.45, 2.75) is 12.0 Å². The molecule has 6 nitrogen and oxygen atoms in total. The Hall–Kier alpha value is -3.02. The highest BCUT2D eigenvalue weighted by Gasteiger charge is 2.61. The van der Waals surface area contributed by atoms with Crippen LogP contribution in [-0.2, 0) is 11.2 Å². The van der Waals surface area contributed by atoms with Gasteiger partial charge in [0.05, 0.1) is 12.1 Å². The van der Waals surface area contributed by atoms with Gasteiger partial charge in [-0.15, -0.1) is 0 Å². The van der Waals surface area contributed by atoms with Crippen LogP contribution in [0.5, 0.6) is 0 Å². The van der Waals surface area contributed by atoms with Gasteiger partial charge in [-0.1, -0.05) is 42.5 Å². The van der Waals surface area contributed by atoms with Gasteiger partial charge in [-0.05, 0) is 17.7 Å². The molecule has 1 aliphatic heterocycles. The molecular weight excluding hydrogens is 284 g/mol. The number of nitro groups is 1. The number of carbonyl (C=O) groups excluding carboxylic acids is 2. The Morgan fingerprint density at radius 1 is 1.00 bits per heavy atom. The van der Waals surface area contributed by atoms with Crippen molar-refractivity contribution in [1.82, 2.24) is 0 Å². The third-order valence-corrected chi connectivity index (χ3v) is 3.79. The van der Waals surface area contributed by atoms with E-state index in [4.69, 9.17) is 0 Å². The van der Waals surface area contributed by atoms with E-state index in [1.54, 1.807) is 48.5 Å². The van der Waals surface area contributed by atoms with E-state index in [0.29, 0.717) is 11.3 Å². The average Bonchev–Trinajstić information content (AvgIpc) is 2.52. The van der Waals surface area contributed by atoms with Crippen molar-refractivity contribution in [3.05, 3.63) is 75.8 Å². The Labute approximate surface area is 125 Å². The molecule has 0 fully saturated rings. The smallest absolute Gasteiger partial charge is 0.319 e. The van der Waals surface area contributed by atoms with Crippen molar-refractivity contribution >= 4 is 17.4 Å². The molecule has 0 aromatic heterocycles. The first-order valence-corrected chi connectivity index (χ1v) is 6.69. The van der Waals surface area contributed by atoms with Crippen molar-refractivity contribution in [1.29, 1.82) is 0 Å². The maximum atomic E-state index is 12.7. The summed E-state index contributed by atoms with van der Waals surface area (Å²) in [6, 6.07) is 14.8. The van der Waals surface area contributed by atoms with Gasteiger partial charge in [-0.25, -0.2) is 0 Å². The van der Waals surface area contributed by atoms with Crippen LogP contribution >= 0.6 is 0 Å². The van der Waals surface area contributed by atoms with Gasteiger partial charge in [0.2, 0.25) is 0 Å². The summed E-state index contributed by atoms with van der Waals surface area (Å²) in [6.07, 6.45) is -0.278. The zero-order valence-electron chi connectivity index (χ0n) is 11.5. The lowest BCUT2D eigenvalue weighted by Crippen LogP contribution is -2.60. The molecule has 1 heterocycles. The Morgan fingerprint density at radius 2 is 1.64 bits per heavy atom. The van der Waals surface area contributed by atoms with E-state index >= 15 is 0 Å². The van der Waals surface area contributed by atoms with E-state index in [1.807, 2.05) is 0 Å². The first-order chi connectivity index (χ1) is 10.6. The number of rotatable bonds is 3. The zero-order chi connectivity index (χ0) is 15.7. The number of ketones is 1. The molecule has 1 unspecified atom stereocenters. The summed E-state index contributed by atoms with van der Waals surface area (Å²) in [7, 11) is 0. The Balaban J connectivity index is 2.13. The number of benzene rings is 2. The summed E-state index contributed by atoms with van der Waals surface area (Å²) >= 11 is 0. The van der Waals surface area contributed by atoms with Crippen LogP contribution in [0.25, 0.3) is 0 Å². The van der Waals surface area contributed by atoms with Crippen LogP contribution in [0, 0.1) is 10.1 Å². The molecule has 0 aliphatic carbocycles. The number of Topliss-reactive ketones (excluding diaryl/α,β-unsaturated/α-hetero) is 1. The molecule has 1 N–H and O–H groups in total. The largest absolute Gasteiger partial charge is 0.364 e. The van der Waals surface area contributed by atoms with E-state index in [9.17, 15) is 19.7 Å². The number of carbonyl (C=O) groups is 2.